The number of hydrogen-bond acceptors (Lipinski definition) is 7. The molecule has 0 aromatic carbocycles. The van der Waals surface area contributed by atoms with Crippen molar-refractivity contribution in [3.05, 3.63) is 0 Å². The molecule has 0 aliphatic heterocycles. The summed E-state index contributed by atoms with van der Waals surface area (Å²) in [6.45, 7) is -2.06. The minimum atomic E-state index is -1.11. The third-order valence-electron chi connectivity index (χ3n) is 2.12. The summed E-state index contributed by atoms with van der Waals surface area (Å²) in [5.74, 6) is -0.347. The molecule has 0 aliphatic carbocycles. The van der Waals surface area contributed by atoms with Crippen LogP contribution in [0, 0.1) is 11.3 Å². The van der Waals surface area contributed by atoms with Crippen LogP contribution >= 0.6 is 0 Å². The molecule has 7 N–H and O–H groups in total. The zero-order valence-corrected chi connectivity index (χ0v) is 9.16. The molecular weight excluding hydrogens is 220 g/mol. The average Bonchev–Trinajstić information content (AvgIpc) is 2.36. The Morgan fingerprint density at radius 1 is 0.562 bits per heavy atom. The molecule has 0 saturated heterocycles. The fourth-order valence-electron chi connectivity index (χ4n) is 0.473. The first-order valence-electron chi connectivity index (χ1n) is 4.85. The SMILES string of the molecule is OCC(CO)(CO)CO.OCC(CO)CO. The summed E-state index contributed by atoms with van der Waals surface area (Å²) in [4.78, 5) is 0. The molecule has 100 valence electrons. The maximum absolute atomic E-state index is 8.50. The van der Waals surface area contributed by atoms with E-state index in [0.29, 0.717) is 0 Å². The van der Waals surface area contributed by atoms with E-state index in [0.717, 1.165) is 0 Å². The van der Waals surface area contributed by atoms with Crippen LogP contribution in [0.4, 0.5) is 0 Å². The van der Waals surface area contributed by atoms with Gasteiger partial charge < -0.3 is 35.7 Å². The Morgan fingerprint density at radius 2 is 0.812 bits per heavy atom. The highest BCUT2D eigenvalue weighted by Crippen LogP contribution is 2.11. The maximum atomic E-state index is 8.50. The Morgan fingerprint density at radius 3 is 0.812 bits per heavy atom. The van der Waals surface area contributed by atoms with Crippen molar-refractivity contribution in [3.63, 3.8) is 0 Å². The summed E-state index contributed by atoms with van der Waals surface area (Å²) in [7, 11) is 0. The van der Waals surface area contributed by atoms with Gasteiger partial charge in [0.2, 0.25) is 0 Å². The molecule has 0 fully saturated rings. The van der Waals surface area contributed by atoms with Crippen molar-refractivity contribution < 1.29 is 35.7 Å². The first-order valence-corrected chi connectivity index (χ1v) is 4.85. The van der Waals surface area contributed by atoms with Crippen LogP contribution in [0.3, 0.4) is 0 Å². The Bertz CT molecular complexity index is 111. The predicted octanol–water partition coefficient (Wildman–Crippen LogP) is -3.48. The van der Waals surface area contributed by atoms with Crippen molar-refractivity contribution >= 4 is 0 Å². The third-order valence-corrected chi connectivity index (χ3v) is 2.12. The molecule has 0 amide bonds. The van der Waals surface area contributed by atoms with Crippen molar-refractivity contribution in [1.82, 2.24) is 0 Å². The molecule has 0 aromatic heterocycles. The van der Waals surface area contributed by atoms with E-state index in [-0.39, 0.29) is 25.7 Å². The smallest absolute Gasteiger partial charge is 0.0627 e. The van der Waals surface area contributed by atoms with E-state index < -0.39 is 31.8 Å². The molecule has 0 rings (SSSR count). The number of hydrogen-bond donors (Lipinski definition) is 7. The molecule has 0 spiro atoms. The lowest BCUT2D eigenvalue weighted by molar-refractivity contribution is -0.0328. The molecule has 7 nitrogen and oxygen atoms in total. The van der Waals surface area contributed by atoms with Crippen LogP contribution in [0.25, 0.3) is 0 Å². The minimum Gasteiger partial charge on any atom is -0.396 e. The summed E-state index contributed by atoms with van der Waals surface area (Å²) in [5, 5.41) is 58.6. The van der Waals surface area contributed by atoms with E-state index in [1.54, 1.807) is 0 Å². The van der Waals surface area contributed by atoms with E-state index in [1.807, 2.05) is 0 Å². The molecule has 0 aromatic rings. The van der Waals surface area contributed by atoms with Gasteiger partial charge in [0.1, 0.15) is 0 Å². The number of aliphatic hydroxyl groups excluding tert-OH is 7. The largest absolute Gasteiger partial charge is 0.396 e. The second-order valence-electron chi connectivity index (χ2n) is 3.55. The minimum absolute atomic E-state index is 0.146. The molecule has 16 heavy (non-hydrogen) atoms. The van der Waals surface area contributed by atoms with Gasteiger partial charge in [0.05, 0.1) is 51.7 Å². The number of rotatable bonds is 7. The maximum Gasteiger partial charge on any atom is 0.0627 e. The van der Waals surface area contributed by atoms with Crippen molar-refractivity contribution in [2.75, 3.05) is 46.2 Å². The van der Waals surface area contributed by atoms with E-state index in [9.17, 15) is 0 Å². The van der Waals surface area contributed by atoms with Crippen molar-refractivity contribution in [1.29, 1.82) is 0 Å². The van der Waals surface area contributed by atoms with Crippen LogP contribution in [-0.4, -0.2) is 82.0 Å². The first kappa shape index (κ1) is 18.1. The summed E-state index contributed by atoms with van der Waals surface area (Å²) in [6.07, 6.45) is 0. The monoisotopic (exact) mass is 242 g/mol. The predicted molar refractivity (Wildman–Crippen MR) is 55.5 cm³/mol. The van der Waals surface area contributed by atoms with Gasteiger partial charge in [-0.15, -0.1) is 0 Å². The summed E-state index contributed by atoms with van der Waals surface area (Å²) in [5.41, 5.74) is -1.11. The molecular formula is C9H22O7. The second-order valence-corrected chi connectivity index (χ2v) is 3.55. The zero-order valence-electron chi connectivity index (χ0n) is 9.16. The van der Waals surface area contributed by atoms with E-state index in [4.69, 9.17) is 35.7 Å². The van der Waals surface area contributed by atoms with Crippen LogP contribution in [0.1, 0.15) is 0 Å². The van der Waals surface area contributed by atoms with Crippen LogP contribution in [0.2, 0.25) is 0 Å². The van der Waals surface area contributed by atoms with Crippen molar-refractivity contribution in [2.24, 2.45) is 11.3 Å². The van der Waals surface area contributed by atoms with E-state index in [1.165, 1.54) is 0 Å². The summed E-state index contributed by atoms with van der Waals surface area (Å²) >= 11 is 0. The molecule has 0 atom stereocenters. The lowest BCUT2D eigenvalue weighted by Gasteiger charge is -2.23. The highest BCUT2D eigenvalue weighted by molar-refractivity contribution is 4.74. The Balaban J connectivity index is 0. The van der Waals surface area contributed by atoms with Gasteiger partial charge in [-0.2, -0.15) is 0 Å². The molecule has 0 aliphatic rings. The quantitative estimate of drug-likeness (QED) is 0.246. The fourth-order valence-corrected chi connectivity index (χ4v) is 0.473. The lowest BCUT2D eigenvalue weighted by atomic mass is 9.93. The van der Waals surface area contributed by atoms with Gasteiger partial charge in [-0.05, 0) is 0 Å². The van der Waals surface area contributed by atoms with Crippen LogP contribution in [-0.2, 0) is 0 Å². The van der Waals surface area contributed by atoms with Crippen LogP contribution in [0.5, 0.6) is 0 Å². The Hall–Kier alpha value is -0.280. The normalized spacial score (nSPS) is 11.2. The van der Waals surface area contributed by atoms with Crippen molar-refractivity contribution in [3.8, 4) is 0 Å². The average molecular weight is 242 g/mol. The van der Waals surface area contributed by atoms with Gasteiger partial charge in [-0.1, -0.05) is 0 Å². The van der Waals surface area contributed by atoms with Gasteiger partial charge in [0.15, 0.2) is 0 Å². The fraction of sp³-hybridized carbons (Fsp3) is 1.00. The molecule has 0 radical (unpaired) electrons. The van der Waals surface area contributed by atoms with Gasteiger partial charge in [0, 0.05) is 5.92 Å². The first-order chi connectivity index (χ1) is 7.59. The van der Waals surface area contributed by atoms with Crippen LogP contribution < -0.4 is 0 Å². The molecule has 0 heterocycles. The molecule has 7 heteroatoms. The molecule has 0 unspecified atom stereocenters. The van der Waals surface area contributed by atoms with Crippen molar-refractivity contribution in [2.45, 2.75) is 0 Å². The highest BCUT2D eigenvalue weighted by Gasteiger charge is 2.26. The van der Waals surface area contributed by atoms with Gasteiger partial charge in [-0.3, -0.25) is 0 Å². The van der Waals surface area contributed by atoms with Crippen LogP contribution in [0.15, 0.2) is 0 Å². The van der Waals surface area contributed by atoms with E-state index >= 15 is 0 Å². The van der Waals surface area contributed by atoms with Gasteiger partial charge >= 0.3 is 0 Å². The zero-order chi connectivity index (χ0) is 13.0. The van der Waals surface area contributed by atoms with Gasteiger partial charge in [-0.25, -0.2) is 0 Å². The number of aliphatic hydroxyl groups is 7. The standard InChI is InChI=1S/C5H12O4.C4H10O3/c6-1-5(2-7,3-8)4-9;5-1-4(2-6)3-7/h6-9H,1-4H2;4-7H,1-3H2. The topological polar surface area (TPSA) is 142 Å². The Kier molecular flexibility index (Phi) is 12.7. The van der Waals surface area contributed by atoms with Gasteiger partial charge in [0.25, 0.3) is 0 Å². The Labute approximate surface area is 94.2 Å². The summed E-state index contributed by atoms with van der Waals surface area (Å²) < 4.78 is 0. The third kappa shape index (κ3) is 7.07. The molecule has 0 saturated carbocycles. The highest BCUT2D eigenvalue weighted by atomic mass is 16.3. The summed E-state index contributed by atoms with van der Waals surface area (Å²) in [6, 6.07) is 0. The molecule has 0 bridgehead atoms. The van der Waals surface area contributed by atoms with E-state index in [2.05, 4.69) is 0 Å². The lowest BCUT2D eigenvalue weighted by Crippen LogP contribution is -2.37. The second kappa shape index (κ2) is 11.2.